The van der Waals surface area contributed by atoms with Crippen LogP contribution >= 0.6 is 0 Å². The van der Waals surface area contributed by atoms with Gasteiger partial charge < -0.3 is 10.4 Å². The van der Waals surface area contributed by atoms with Crippen LogP contribution < -0.4 is 5.32 Å². The molecule has 0 aromatic carbocycles. The summed E-state index contributed by atoms with van der Waals surface area (Å²) in [4.78, 5) is 20.9. The first kappa shape index (κ1) is 7.71. The van der Waals surface area contributed by atoms with Gasteiger partial charge >= 0.3 is 5.97 Å². The lowest BCUT2D eigenvalue weighted by Gasteiger charge is -1.99. The maximum Gasteiger partial charge on any atom is 0.326 e. The first-order valence-electron chi connectivity index (χ1n) is 2.98. The number of halogens is 1. The summed E-state index contributed by atoms with van der Waals surface area (Å²) in [5.74, 6) is -1.78. The molecular formula is C6H6FNO3. The Hall–Kier alpha value is -1.39. The van der Waals surface area contributed by atoms with Gasteiger partial charge in [0.1, 0.15) is 6.04 Å². The Bertz CT molecular complexity index is 236. The van der Waals surface area contributed by atoms with Gasteiger partial charge in [-0.05, 0) is 0 Å². The van der Waals surface area contributed by atoms with E-state index < -0.39 is 17.9 Å². The van der Waals surface area contributed by atoms with Crippen LogP contribution in [0.3, 0.4) is 0 Å². The average molecular weight is 159 g/mol. The van der Waals surface area contributed by atoms with Crippen molar-refractivity contribution in [3.05, 3.63) is 11.9 Å². The molecule has 11 heavy (non-hydrogen) atoms. The van der Waals surface area contributed by atoms with Crippen LogP contribution in [0.2, 0.25) is 0 Å². The largest absolute Gasteiger partial charge is 0.480 e. The van der Waals surface area contributed by atoms with E-state index in [1.807, 2.05) is 0 Å². The minimum Gasteiger partial charge on any atom is -0.480 e. The van der Waals surface area contributed by atoms with Crippen LogP contribution in [0.5, 0.6) is 0 Å². The lowest BCUT2D eigenvalue weighted by atomic mass is 10.2. The summed E-state index contributed by atoms with van der Waals surface area (Å²) < 4.78 is 11.8. The van der Waals surface area contributed by atoms with E-state index >= 15 is 0 Å². The maximum absolute atomic E-state index is 11.8. The van der Waals surface area contributed by atoms with Gasteiger partial charge in [0, 0.05) is 12.0 Å². The number of carboxylic acid groups (broad SMARTS) is 1. The first-order chi connectivity index (χ1) is 5.15. The number of carbonyl (C=O) groups is 2. The van der Waals surface area contributed by atoms with Crippen molar-refractivity contribution in [3.63, 3.8) is 0 Å². The van der Waals surface area contributed by atoms with E-state index in [0.717, 1.165) is 0 Å². The smallest absolute Gasteiger partial charge is 0.326 e. The number of nitrogens with one attached hydrogen (secondary N) is 1. The van der Waals surface area contributed by atoms with E-state index in [1.54, 1.807) is 0 Å². The molecule has 1 fully saturated rings. The number of carbonyl (C=O) groups excluding carboxylic acids is 1. The van der Waals surface area contributed by atoms with Gasteiger partial charge in [-0.15, -0.1) is 0 Å². The fraction of sp³-hybridized carbons (Fsp3) is 0.333. The van der Waals surface area contributed by atoms with E-state index in [4.69, 9.17) is 5.11 Å². The molecule has 0 spiro atoms. The topological polar surface area (TPSA) is 66.4 Å². The van der Waals surface area contributed by atoms with Gasteiger partial charge in [0.15, 0.2) is 0 Å². The zero-order chi connectivity index (χ0) is 8.43. The molecule has 5 heteroatoms. The molecule has 0 aliphatic carbocycles. The fourth-order valence-corrected chi connectivity index (χ4v) is 0.858. The van der Waals surface area contributed by atoms with Crippen LogP contribution in [0.25, 0.3) is 0 Å². The van der Waals surface area contributed by atoms with Gasteiger partial charge in [-0.1, -0.05) is 0 Å². The molecule has 0 aromatic rings. The summed E-state index contributed by atoms with van der Waals surface area (Å²) in [5, 5.41) is 10.5. The van der Waals surface area contributed by atoms with Gasteiger partial charge in [-0.25, -0.2) is 9.18 Å². The lowest BCUT2D eigenvalue weighted by Crippen LogP contribution is -2.32. The highest BCUT2D eigenvalue weighted by atomic mass is 19.1. The van der Waals surface area contributed by atoms with Crippen LogP contribution in [0.1, 0.15) is 6.42 Å². The standard InChI is InChI=1S/C6H6FNO3/c7-2-3-1-4(6(10)11)8-5(3)9/h2,4H,1H2,(H,8,9)(H,10,11)/b3-2+/t4-/m0/s1. The Morgan fingerprint density at radius 2 is 2.45 bits per heavy atom. The summed E-state index contributed by atoms with van der Waals surface area (Å²) in [6.07, 6.45) is 0.0585. The van der Waals surface area contributed by atoms with Gasteiger partial charge in [0.25, 0.3) is 0 Å². The van der Waals surface area contributed by atoms with Crippen LogP contribution in [0.4, 0.5) is 4.39 Å². The molecule has 4 nitrogen and oxygen atoms in total. The Morgan fingerprint density at radius 3 is 2.73 bits per heavy atom. The molecule has 60 valence electrons. The van der Waals surface area contributed by atoms with Gasteiger partial charge in [-0.3, -0.25) is 4.79 Å². The molecule has 1 aliphatic heterocycles. The summed E-state index contributed by atoms with van der Waals surface area (Å²) in [6, 6.07) is -0.968. The molecule has 1 heterocycles. The second-order valence-corrected chi connectivity index (χ2v) is 2.20. The predicted molar refractivity (Wildman–Crippen MR) is 33.4 cm³/mol. The molecule has 0 aromatic heterocycles. The number of amides is 1. The van der Waals surface area contributed by atoms with Crippen molar-refractivity contribution in [1.82, 2.24) is 5.32 Å². The zero-order valence-corrected chi connectivity index (χ0v) is 5.50. The molecule has 1 rings (SSSR count). The molecular weight excluding hydrogens is 153 g/mol. The quantitative estimate of drug-likeness (QED) is 0.521. The fourth-order valence-electron chi connectivity index (χ4n) is 0.858. The third kappa shape index (κ3) is 1.36. The van der Waals surface area contributed by atoms with Crippen LogP contribution in [0, 0.1) is 0 Å². The zero-order valence-electron chi connectivity index (χ0n) is 5.50. The molecule has 1 atom stereocenters. The van der Waals surface area contributed by atoms with Crippen molar-refractivity contribution >= 4 is 11.9 Å². The van der Waals surface area contributed by atoms with E-state index in [9.17, 15) is 14.0 Å². The Labute approximate surface area is 61.7 Å². The normalized spacial score (nSPS) is 27.2. The van der Waals surface area contributed by atoms with Crippen molar-refractivity contribution in [3.8, 4) is 0 Å². The minimum absolute atomic E-state index is 0.0787. The van der Waals surface area contributed by atoms with E-state index in [-0.39, 0.29) is 18.3 Å². The van der Waals surface area contributed by atoms with Crippen molar-refractivity contribution in [2.45, 2.75) is 12.5 Å². The van der Waals surface area contributed by atoms with Gasteiger partial charge in [0.2, 0.25) is 5.91 Å². The van der Waals surface area contributed by atoms with Crippen molar-refractivity contribution in [1.29, 1.82) is 0 Å². The molecule has 0 bridgehead atoms. The molecule has 1 aliphatic rings. The third-order valence-corrected chi connectivity index (χ3v) is 1.45. The van der Waals surface area contributed by atoms with E-state index in [1.165, 1.54) is 0 Å². The van der Waals surface area contributed by atoms with Gasteiger partial charge in [0.05, 0.1) is 6.33 Å². The van der Waals surface area contributed by atoms with E-state index in [0.29, 0.717) is 0 Å². The summed E-state index contributed by atoms with van der Waals surface area (Å²) in [5.41, 5.74) is -0.114. The second kappa shape index (κ2) is 2.69. The maximum atomic E-state index is 11.8. The number of carboxylic acids is 1. The highest BCUT2D eigenvalue weighted by Gasteiger charge is 2.31. The molecule has 0 unspecified atom stereocenters. The molecule has 2 N–H and O–H groups in total. The number of hydrogen-bond donors (Lipinski definition) is 2. The first-order valence-corrected chi connectivity index (χ1v) is 2.98. The predicted octanol–water partition coefficient (Wildman–Crippen LogP) is -0.187. The van der Waals surface area contributed by atoms with Crippen molar-refractivity contribution in [2.75, 3.05) is 0 Å². The SMILES string of the molecule is O=C1N[C@H](C(=O)O)C/C1=C\F. The Balaban J connectivity index is 2.72. The Morgan fingerprint density at radius 1 is 1.82 bits per heavy atom. The summed E-state index contributed by atoms with van der Waals surface area (Å²) in [6.45, 7) is 0. The molecule has 1 amide bonds. The van der Waals surface area contributed by atoms with Crippen LogP contribution in [-0.4, -0.2) is 23.0 Å². The highest BCUT2D eigenvalue weighted by molar-refractivity contribution is 5.99. The van der Waals surface area contributed by atoms with E-state index in [2.05, 4.69) is 5.32 Å². The summed E-state index contributed by atoms with van der Waals surface area (Å²) in [7, 11) is 0. The minimum atomic E-state index is -1.14. The van der Waals surface area contributed by atoms with Gasteiger partial charge in [-0.2, -0.15) is 0 Å². The molecule has 0 radical (unpaired) electrons. The van der Waals surface area contributed by atoms with Crippen LogP contribution in [0.15, 0.2) is 11.9 Å². The summed E-state index contributed by atoms with van der Waals surface area (Å²) >= 11 is 0. The van der Waals surface area contributed by atoms with Crippen molar-refractivity contribution < 1.29 is 19.1 Å². The average Bonchev–Trinajstić information content (AvgIpc) is 2.31. The number of rotatable bonds is 1. The third-order valence-electron chi connectivity index (χ3n) is 1.45. The Kier molecular flexibility index (Phi) is 1.89. The second-order valence-electron chi connectivity index (χ2n) is 2.20. The van der Waals surface area contributed by atoms with Crippen molar-refractivity contribution in [2.24, 2.45) is 0 Å². The highest BCUT2D eigenvalue weighted by Crippen LogP contribution is 2.14. The van der Waals surface area contributed by atoms with Crippen LogP contribution in [-0.2, 0) is 9.59 Å². The molecule has 1 saturated heterocycles. The lowest BCUT2D eigenvalue weighted by molar-refractivity contribution is -0.140. The number of hydrogen-bond acceptors (Lipinski definition) is 2. The molecule has 0 saturated carbocycles. The monoisotopic (exact) mass is 159 g/mol. The number of aliphatic carboxylic acids is 1.